The summed E-state index contributed by atoms with van der Waals surface area (Å²) in [7, 11) is 1.63. The first-order valence-corrected chi connectivity index (χ1v) is 9.10. The second kappa shape index (κ2) is 7.79. The van der Waals surface area contributed by atoms with E-state index in [0.29, 0.717) is 16.7 Å². The molecule has 0 unspecified atom stereocenters. The van der Waals surface area contributed by atoms with Crippen LogP contribution in [-0.2, 0) is 13.6 Å². The molecule has 0 aliphatic carbocycles. The minimum atomic E-state index is -0.153. The van der Waals surface area contributed by atoms with Gasteiger partial charge in [-0.1, -0.05) is 12.8 Å². The van der Waals surface area contributed by atoms with Crippen LogP contribution in [0.5, 0.6) is 0 Å². The Bertz CT molecular complexity index is 753. The highest BCUT2D eigenvalue weighted by Crippen LogP contribution is 2.20. The quantitative estimate of drug-likeness (QED) is 0.867. The van der Waals surface area contributed by atoms with Crippen molar-refractivity contribution in [2.45, 2.75) is 32.2 Å². The third-order valence-corrected chi connectivity index (χ3v) is 5.07. The number of hydrogen-bond donors (Lipinski definition) is 1. The number of aromatic nitrogens is 3. The van der Waals surface area contributed by atoms with Crippen molar-refractivity contribution in [2.75, 3.05) is 23.3 Å². The smallest absolute Gasteiger partial charge is 0.282 e. The summed E-state index contributed by atoms with van der Waals surface area (Å²) >= 11 is 3.33. The van der Waals surface area contributed by atoms with Gasteiger partial charge in [-0.2, -0.15) is 5.10 Å². The zero-order valence-corrected chi connectivity index (χ0v) is 15.4. The summed E-state index contributed by atoms with van der Waals surface area (Å²) in [6.07, 6.45) is 8.59. The van der Waals surface area contributed by atoms with Gasteiger partial charge in [0.25, 0.3) is 5.56 Å². The molecule has 128 valence electrons. The lowest BCUT2D eigenvalue weighted by Crippen LogP contribution is -2.25. The molecular formula is C17H22BrN5O. The summed E-state index contributed by atoms with van der Waals surface area (Å²) in [6.45, 7) is 2.78. The summed E-state index contributed by atoms with van der Waals surface area (Å²) in [4.78, 5) is 18.8. The van der Waals surface area contributed by atoms with Crippen LogP contribution in [0, 0.1) is 0 Å². The molecule has 0 spiro atoms. The average Bonchev–Trinajstić information content (AvgIpc) is 2.89. The van der Waals surface area contributed by atoms with E-state index in [1.165, 1.54) is 30.4 Å². The Morgan fingerprint density at radius 2 is 2.00 bits per heavy atom. The fraction of sp³-hybridized carbons (Fsp3) is 0.471. The minimum Gasteiger partial charge on any atom is -0.379 e. The fourth-order valence-corrected chi connectivity index (χ4v) is 3.37. The second-order valence-electron chi connectivity index (χ2n) is 6.08. The predicted molar refractivity (Wildman–Crippen MR) is 99.4 cm³/mol. The van der Waals surface area contributed by atoms with Crippen LogP contribution < -0.4 is 15.8 Å². The lowest BCUT2D eigenvalue weighted by molar-refractivity contribution is 0.703. The summed E-state index contributed by atoms with van der Waals surface area (Å²) in [5.74, 6) is 1.04. The van der Waals surface area contributed by atoms with E-state index in [4.69, 9.17) is 0 Å². The molecule has 0 atom stereocenters. The number of anilines is 2. The highest BCUT2D eigenvalue weighted by Gasteiger charge is 2.12. The van der Waals surface area contributed by atoms with Crippen molar-refractivity contribution < 1.29 is 0 Å². The molecule has 2 aromatic heterocycles. The van der Waals surface area contributed by atoms with Gasteiger partial charge in [-0.25, -0.2) is 9.67 Å². The first-order valence-electron chi connectivity index (χ1n) is 8.31. The number of rotatable bonds is 4. The molecule has 1 aliphatic heterocycles. The Kier molecular flexibility index (Phi) is 5.50. The van der Waals surface area contributed by atoms with Gasteiger partial charge < -0.3 is 10.2 Å². The van der Waals surface area contributed by atoms with Crippen LogP contribution in [0.2, 0.25) is 0 Å². The monoisotopic (exact) mass is 391 g/mol. The zero-order valence-electron chi connectivity index (χ0n) is 13.8. The molecule has 7 heteroatoms. The van der Waals surface area contributed by atoms with Crippen molar-refractivity contribution >= 4 is 27.4 Å². The zero-order chi connectivity index (χ0) is 16.9. The van der Waals surface area contributed by atoms with E-state index in [-0.39, 0.29) is 5.56 Å². The molecule has 0 bridgehead atoms. The number of nitrogens with zero attached hydrogens (tertiary/aromatic N) is 4. The van der Waals surface area contributed by atoms with Crippen molar-refractivity contribution in [3.63, 3.8) is 0 Å². The van der Waals surface area contributed by atoms with Gasteiger partial charge in [-0.05, 0) is 46.5 Å². The third kappa shape index (κ3) is 3.95. The molecule has 0 saturated carbocycles. The maximum Gasteiger partial charge on any atom is 0.282 e. The topological polar surface area (TPSA) is 63.1 Å². The SMILES string of the molecule is Cn1ncc(NCc2ccnc(N3CCCCCC3)c2)c(Br)c1=O. The molecule has 3 rings (SSSR count). The van der Waals surface area contributed by atoms with Gasteiger partial charge in [0.15, 0.2) is 0 Å². The Hall–Kier alpha value is -1.89. The highest BCUT2D eigenvalue weighted by atomic mass is 79.9. The van der Waals surface area contributed by atoms with Crippen molar-refractivity contribution in [2.24, 2.45) is 7.05 Å². The molecule has 2 aromatic rings. The van der Waals surface area contributed by atoms with Gasteiger partial charge in [-0.15, -0.1) is 0 Å². The van der Waals surface area contributed by atoms with E-state index >= 15 is 0 Å². The number of pyridine rings is 1. The standard InChI is InChI=1S/C17H22BrN5O/c1-22-17(24)16(18)14(12-21-22)20-11-13-6-7-19-15(10-13)23-8-4-2-3-5-9-23/h6-7,10,12,20H,2-5,8-9,11H2,1H3. The number of hydrogen-bond acceptors (Lipinski definition) is 5. The van der Waals surface area contributed by atoms with Gasteiger partial charge in [0, 0.05) is 32.9 Å². The predicted octanol–water partition coefficient (Wildman–Crippen LogP) is 2.93. The van der Waals surface area contributed by atoms with E-state index in [1.54, 1.807) is 13.2 Å². The maximum absolute atomic E-state index is 11.9. The van der Waals surface area contributed by atoms with Gasteiger partial charge in [0.2, 0.25) is 0 Å². The molecule has 0 aromatic carbocycles. The molecular weight excluding hydrogens is 370 g/mol. The van der Waals surface area contributed by atoms with E-state index in [0.717, 1.165) is 24.5 Å². The molecule has 0 radical (unpaired) electrons. The molecule has 1 aliphatic rings. The first-order chi connectivity index (χ1) is 11.6. The van der Waals surface area contributed by atoms with Crippen molar-refractivity contribution in [1.29, 1.82) is 0 Å². The highest BCUT2D eigenvalue weighted by molar-refractivity contribution is 9.10. The number of nitrogens with one attached hydrogen (secondary N) is 1. The van der Waals surface area contributed by atoms with E-state index in [1.807, 2.05) is 12.3 Å². The van der Waals surface area contributed by atoms with Crippen LogP contribution in [0.1, 0.15) is 31.2 Å². The van der Waals surface area contributed by atoms with Crippen LogP contribution in [0.4, 0.5) is 11.5 Å². The van der Waals surface area contributed by atoms with Crippen LogP contribution in [0.25, 0.3) is 0 Å². The summed E-state index contributed by atoms with van der Waals surface area (Å²) in [6, 6.07) is 4.12. The number of halogens is 1. The normalized spacial score (nSPS) is 15.2. The Labute approximate surface area is 150 Å². The van der Waals surface area contributed by atoms with E-state index in [2.05, 4.69) is 42.3 Å². The van der Waals surface area contributed by atoms with Crippen LogP contribution >= 0.6 is 15.9 Å². The largest absolute Gasteiger partial charge is 0.379 e. The Morgan fingerprint density at radius 1 is 1.25 bits per heavy atom. The molecule has 1 saturated heterocycles. The molecule has 1 fully saturated rings. The lowest BCUT2D eigenvalue weighted by atomic mass is 10.2. The average molecular weight is 392 g/mol. The van der Waals surface area contributed by atoms with Crippen molar-refractivity contribution in [3.8, 4) is 0 Å². The second-order valence-corrected chi connectivity index (χ2v) is 6.87. The Morgan fingerprint density at radius 3 is 2.75 bits per heavy atom. The van der Waals surface area contributed by atoms with Gasteiger partial charge >= 0.3 is 0 Å². The minimum absolute atomic E-state index is 0.153. The lowest BCUT2D eigenvalue weighted by Gasteiger charge is -2.22. The van der Waals surface area contributed by atoms with Crippen molar-refractivity contribution in [3.05, 3.63) is 44.9 Å². The number of aryl methyl sites for hydroxylation is 1. The van der Waals surface area contributed by atoms with Crippen LogP contribution in [0.3, 0.4) is 0 Å². The Balaban J connectivity index is 1.71. The van der Waals surface area contributed by atoms with E-state index in [9.17, 15) is 4.79 Å². The summed E-state index contributed by atoms with van der Waals surface area (Å²) < 4.78 is 1.81. The molecule has 1 N–H and O–H groups in total. The first kappa shape index (κ1) is 17.0. The van der Waals surface area contributed by atoms with Gasteiger partial charge in [0.1, 0.15) is 10.3 Å². The summed E-state index contributed by atoms with van der Waals surface area (Å²) in [5, 5.41) is 7.32. The summed E-state index contributed by atoms with van der Waals surface area (Å²) in [5.41, 5.74) is 1.68. The molecule has 0 amide bonds. The molecule has 24 heavy (non-hydrogen) atoms. The third-order valence-electron chi connectivity index (χ3n) is 4.30. The molecule has 6 nitrogen and oxygen atoms in total. The van der Waals surface area contributed by atoms with E-state index < -0.39 is 0 Å². The van der Waals surface area contributed by atoms with Crippen LogP contribution in [-0.4, -0.2) is 27.9 Å². The maximum atomic E-state index is 11.9. The van der Waals surface area contributed by atoms with Gasteiger partial charge in [-0.3, -0.25) is 4.79 Å². The van der Waals surface area contributed by atoms with Gasteiger partial charge in [0.05, 0.1) is 11.9 Å². The molecule has 3 heterocycles. The van der Waals surface area contributed by atoms with Crippen molar-refractivity contribution in [1.82, 2.24) is 14.8 Å². The van der Waals surface area contributed by atoms with Crippen LogP contribution in [0.15, 0.2) is 33.8 Å². The fourth-order valence-electron chi connectivity index (χ4n) is 2.87.